The lowest BCUT2D eigenvalue weighted by molar-refractivity contribution is -0.139. The third-order valence-corrected chi connectivity index (χ3v) is 2.86. The van der Waals surface area contributed by atoms with Crippen molar-refractivity contribution in [3.05, 3.63) is 33.8 Å². The van der Waals surface area contributed by atoms with E-state index in [1.165, 1.54) is 7.11 Å². The van der Waals surface area contributed by atoms with Crippen molar-refractivity contribution in [2.45, 2.75) is 12.3 Å². The SMILES string of the molecule is COC(=O)Cc1ccc(C#N)c(Cl)c1CCl. The summed E-state index contributed by atoms with van der Waals surface area (Å²) in [5.41, 5.74) is 1.64. The van der Waals surface area contributed by atoms with E-state index in [2.05, 4.69) is 4.74 Å². The fourth-order valence-corrected chi connectivity index (χ4v) is 1.95. The molecule has 0 unspecified atom stereocenters. The molecule has 0 aliphatic rings. The molecule has 0 aromatic heterocycles. The van der Waals surface area contributed by atoms with Crippen LogP contribution >= 0.6 is 23.2 Å². The van der Waals surface area contributed by atoms with Crippen LogP contribution in [0.5, 0.6) is 0 Å². The van der Waals surface area contributed by atoms with Gasteiger partial charge in [0.15, 0.2) is 0 Å². The highest BCUT2D eigenvalue weighted by atomic mass is 35.5. The predicted molar refractivity (Wildman–Crippen MR) is 61.4 cm³/mol. The molecule has 0 heterocycles. The van der Waals surface area contributed by atoms with E-state index in [1.807, 2.05) is 6.07 Å². The molecule has 0 amide bonds. The molecule has 0 atom stereocenters. The van der Waals surface area contributed by atoms with Gasteiger partial charge in [0, 0.05) is 5.88 Å². The van der Waals surface area contributed by atoms with Crippen molar-refractivity contribution in [2.75, 3.05) is 7.11 Å². The van der Waals surface area contributed by atoms with Gasteiger partial charge in [0.05, 0.1) is 24.1 Å². The molecule has 1 aromatic carbocycles. The van der Waals surface area contributed by atoms with Gasteiger partial charge in [0.25, 0.3) is 0 Å². The number of hydrogen-bond donors (Lipinski definition) is 0. The van der Waals surface area contributed by atoms with Gasteiger partial charge in [-0.2, -0.15) is 5.26 Å². The summed E-state index contributed by atoms with van der Waals surface area (Å²) in [5, 5.41) is 9.09. The van der Waals surface area contributed by atoms with Crippen LogP contribution < -0.4 is 0 Å². The molecule has 84 valence electrons. The molecule has 0 aliphatic carbocycles. The lowest BCUT2D eigenvalue weighted by Crippen LogP contribution is -2.07. The van der Waals surface area contributed by atoms with Crippen LogP contribution in [0.3, 0.4) is 0 Å². The number of nitriles is 1. The molecule has 1 aromatic rings. The largest absolute Gasteiger partial charge is 0.469 e. The highest BCUT2D eigenvalue weighted by Crippen LogP contribution is 2.26. The minimum Gasteiger partial charge on any atom is -0.469 e. The predicted octanol–water partition coefficient (Wildman–Crippen LogP) is 2.67. The molecule has 0 fully saturated rings. The highest BCUT2D eigenvalue weighted by molar-refractivity contribution is 6.33. The zero-order valence-electron chi connectivity index (χ0n) is 8.59. The molecule has 0 saturated heterocycles. The number of halogens is 2. The van der Waals surface area contributed by atoms with Gasteiger partial charge in [-0.3, -0.25) is 4.79 Å². The number of carbonyl (C=O) groups is 1. The van der Waals surface area contributed by atoms with Crippen LogP contribution in [0.2, 0.25) is 5.02 Å². The Morgan fingerprint density at radius 1 is 1.56 bits per heavy atom. The third kappa shape index (κ3) is 2.66. The Balaban J connectivity index is 3.17. The number of methoxy groups -OCH3 is 1. The summed E-state index contributed by atoms with van der Waals surface area (Å²) >= 11 is 11.7. The lowest BCUT2D eigenvalue weighted by Gasteiger charge is -2.09. The van der Waals surface area contributed by atoms with Crippen LogP contribution in [0, 0.1) is 11.3 Å². The van der Waals surface area contributed by atoms with Gasteiger partial charge in [0.1, 0.15) is 6.07 Å². The van der Waals surface area contributed by atoms with Crippen molar-refractivity contribution in [3.8, 4) is 6.07 Å². The number of rotatable bonds is 3. The van der Waals surface area contributed by atoms with Gasteiger partial charge in [-0.1, -0.05) is 17.7 Å². The second-order valence-electron chi connectivity index (χ2n) is 3.06. The Kier molecular flexibility index (Phi) is 4.60. The fraction of sp³-hybridized carbons (Fsp3) is 0.273. The molecule has 0 saturated carbocycles. The number of carbonyl (C=O) groups excluding carboxylic acids is 1. The van der Waals surface area contributed by atoms with Gasteiger partial charge < -0.3 is 4.74 Å². The molecule has 1 rings (SSSR count). The number of ether oxygens (including phenoxy) is 1. The van der Waals surface area contributed by atoms with Gasteiger partial charge in [0.2, 0.25) is 0 Å². The van der Waals surface area contributed by atoms with Gasteiger partial charge in [-0.05, 0) is 17.2 Å². The first kappa shape index (κ1) is 12.8. The first-order chi connectivity index (χ1) is 7.63. The van der Waals surface area contributed by atoms with E-state index in [9.17, 15) is 4.79 Å². The third-order valence-electron chi connectivity index (χ3n) is 2.16. The first-order valence-electron chi connectivity index (χ1n) is 4.47. The minimum atomic E-state index is -0.368. The van der Waals surface area contributed by atoms with Crippen molar-refractivity contribution in [1.29, 1.82) is 5.26 Å². The summed E-state index contributed by atoms with van der Waals surface area (Å²) in [6.45, 7) is 0. The maximum absolute atomic E-state index is 11.1. The highest BCUT2D eigenvalue weighted by Gasteiger charge is 2.13. The van der Waals surface area contributed by atoms with Crippen molar-refractivity contribution < 1.29 is 9.53 Å². The van der Waals surface area contributed by atoms with Crippen molar-refractivity contribution in [3.63, 3.8) is 0 Å². The molecule has 0 bridgehead atoms. The lowest BCUT2D eigenvalue weighted by atomic mass is 10.0. The zero-order valence-corrected chi connectivity index (χ0v) is 10.1. The summed E-state index contributed by atoms with van der Waals surface area (Å²) in [7, 11) is 1.31. The Labute approximate surface area is 104 Å². The zero-order chi connectivity index (χ0) is 12.1. The average Bonchev–Trinajstić information content (AvgIpc) is 2.29. The quantitative estimate of drug-likeness (QED) is 0.618. The van der Waals surface area contributed by atoms with E-state index in [0.29, 0.717) is 21.7 Å². The molecule has 16 heavy (non-hydrogen) atoms. The summed E-state index contributed by atoms with van der Waals surface area (Å²) in [4.78, 5) is 11.1. The summed E-state index contributed by atoms with van der Waals surface area (Å²) in [6.07, 6.45) is 0.101. The number of nitrogens with zero attached hydrogens (tertiary/aromatic N) is 1. The number of hydrogen-bond acceptors (Lipinski definition) is 3. The molecule has 0 aliphatic heterocycles. The van der Waals surface area contributed by atoms with E-state index in [-0.39, 0.29) is 18.3 Å². The normalized spacial score (nSPS) is 9.62. The second-order valence-corrected chi connectivity index (χ2v) is 3.71. The van der Waals surface area contributed by atoms with Crippen LogP contribution in [0.25, 0.3) is 0 Å². The Hall–Kier alpha value is -1.24. The average molecular weight is 258 g/mol. The Bertz CT molecular complexity index is 452. The molecule has 3 nitrogen and oxygen atoms in total. The summed E-state index contributed by atoms with van der Waals surface area (Å²) in [6, 6.07) is 5.19. The number of benzene rings is 1. The Morgan fingerprint density at radius 2 is 2.25 bits per heavy atom. The van der Waals surface area contributed by atoms with E-state index in [0.717, 1.165) is 0 Å². The minimum absolute atomic E-state index is 0.101. The molecule has 0 radical (unpaired) electrons. The standard InChI is InChI=1S/C11H9Cl2NO2/c1-16-10(15)4-7-2-3-8(6-14)11(13)9(7)5-12/h2-3H,4-5H2,1H3. The maximum Gasteiger partial charge on any atom is 0.309 e. The maximum atomic E-state index is 11.1. The Morgan fingerprint density at radius 3 is 2.75 bits per heavy atom. The monoisotopic (exact) mass is 257 g/mol. The molecule has 0 N–H and O–H groups in total. The fourth-order valence-electron chi connectivity index (χ4n) is 1.29. The molecular formula is C11H9Cl2NO2. The van der Waals surface area contributed by atoms with E-state index in [1.54, 1.807) is 12.1 Å². The van der Waals surface area contributed by atoms with Crippen LogP contribution in [0.1, 0.15) is 16.7 Å². The number of alkyl halides is 1. The van der Waals surface area contributed by atoms with Crippen molar-refractivity contribution in [2.24, 2.45) is 0 Å². The topological polar surface area (TPSA) is 50.1 Å². The first-order valence-corrected chi connectivity index (χ1v) is 5.38. The van der Waals surface area contributed by atoms with Crippen LogP contribution in [-0.2, 0) is 21.8 Å². The molecule has 0 spiro atoms. The number of esters is 1. The van der Waals surface area contributed by atoms with E-state index in [4.69, 9.17) is 28.5 Å². The molecule has 5 heteroatoms. The second kappa shape index (κ2) is 5.74. The van der Waals surface area contributed by atoms with Gasteiger partial charge in [-0.25, -0.2) is 0 Å². The van der Waals surface area contributed by atoms with Gasteiger partial charge in [-0.15, -0.1) is 11.6 Å². The summed E-state index contributed by atoms with van der Waals surface area (Å²) in [5.74, 6) is -0.215. The summed E-state index contributed by atoms with van der Waals surface area (Å²) < 4.78 is 4.56. The van der Waals surface area contributed by atoms with Gasteiger partial charge >= 0.3 is 5.97 Å². The van der Waals surface area contributed by atoms with Crippen LogP contribution in [0.4, 0.5) is 0 Å². The van der Waals surface area contributed by atoms with Crippen molar-refractivity contribution >= 4 is 29.2 Å². The van der Waals surface area contributed by atoms with E-state index < -0.39 is 0 Å². The van der Waals surface area contributed by atoms with Crippen molar-refractivity contribution in [1.82, 2.24) is 0 Å². The molecular weight excluding hydrogens is 249 g/mol. The van der Waals surface area contributed by atoms with Crippen LogP contribution in [-0.4, -0.2) is 13.1 Å². The van der Waals surface area contributed by atoms with Crippen LogP contribution in [0.15, 0.2) is 12.1 Å². The smallest absolute Gasteiger partial charge is 0.309 e. The van der Waals surface area contributed by atoms with E-state index >= 15 is 0 Å².